The third-order valence-electron chi connectivity index (χ3n) is 6.19. The molecule has 37 heavy (non-hydrogen) atoms. The standard InChI is InChI=1S/C27H26F4N2O4/c1-32(22-16-18(5-6-20(22)29)17-3-2-4-19(28)15-17)26-21(30)7-8-23(25(26)31)37-24(27(34)35)9-10-33-11-13-36-14-12-33/h2-8,15-16,24H,9-14H2,1H3,(H,34,35). The van der Waals surface area contributed by atoms with Crippen LogP contribution in [0.1, 0.15) is 6.42 Å². The number of carbonyl (C=O) groups is 1. The highest BCUT2D eigenvalue weighted by molar-refractivity contribution is 5.74. The van der Waals surface area contributed by atoms with E-state index in [0.29, 0.717) is 44.0 Å². The molecule has 0 radical (unpaired) electrons. The number of benzene rings is 3. The van der Waals surface area contributed by atoms with Gasteiger partial charge in [-0.3, -0.25) is 4.90 Å². The number of aliphatic carboxylic acids is 1. The topological polar surface area (TPSA) is 62.2 Å². The van der Waals surface area contributed by atoms with Crippen LogP contribution in [-0.2, 0) is 9.53 Å². The van der Waals surface area contributed by atoms with Gasteiger partial charge in [-0.1, -0.05) is 18.2 Å². The van der Waals surface area contributed by atoms with Gasteiger partial charge in [0.15, 0.2) is 17.7 Å². The Balaban J connectivity index is 1.60. The molecule has 1 atom stereocenters. The van der Waals surface area contributed by atoms with Crippen LogP contribution in [0.4, 0.5) is 28.9 Å². The van der Waals surface area contributed by atoms with Crippen molar-refractivity contribution in [2.75, 3.05) is 44.8 Å². The second kappa shape index (κ2) is 11.6. The van der Waals surface area contributed by atoms with Crippen molar-refractivity contribution in [2.24, 2.45) is 0 Å². The van der Waals surface area contributed by atoms with Crippen LogP contribution in [0.3, 0.4) is 0 Å². The third kappa shape index (κ3) is 6.20. The molecule has 0 aliphatic carbocycles. The summed E-state index contributed by atoms with van der Waals surface area (Å²) in [5.74, 6) is -5.18. The van der Waals surface area contributed by atoms with Crippen LogP contribution >= 0.6 is 0 Å². The van der Waals surface area contributed by atoms with E-state index in [4.69, 9.17) is 9.47 Å². The van der Waals surface area contributed by atoms with Crippen molar-refractivity contribution in [1.29, 1.82) is 0 Å². The van der Waals surface area contributed by atoms with Crippen molar-refractivity contribution >= 4 is 17.3 Å². The number of hydrogen-bond donors (Lipinski definition) is 1. The number of ether oxygens (including phenoxy) is 2. The average molecular weight is 519 g/mol. The summed E-state index contributed by atoms with van der Waals surface area (Å²) in [6.07, 6.45) is -1.31. The number of rotatable bonds is 9. The van der Waals surface area contributed by atoms with E-state index in [0.717, 1.165) is 23.1 Å². The Hall–Kier alpha value is -3.63. The van der Waals surface area contributed by atoms with Crippen LogP contribution in [0.5, 0.6) is 5.75 Å². The molecule has 1 N–H and O–H groups in total. The van der Waals surface area contributed by atoms with Crippen LogP contribution < -0.4 is 9.64 Å². The zero-order valence-electron chi connectivity index (χ0n) is 20.1. The monoisotopic (exact) mass is 518 g/mol. The molecule has 1 aliphatic heterocycles. The van der Waals surface area contributed by atoms with Crippen LogP contribution in [0.15, 0.2) is 54.6 Å². The maximum Gasteiger partial charge on any atom is 0.344 e. The lowest BCUT2D eigenvalue weighted by Gasteiger charge is -2.28. The Labute approximate surface area is 211 Å². The van der Waals surface area contributed by atoms with E-state index in [1.54, 1.807) is 6.07 Å². The summed E-state index contributed by atoms with van der Waals surface area (Å²) in [6, 6.07) is 11.5. The van der Waals surface area contributed by atoms with Gasteiger partial charge < -0.3 is 19.5 Å². The molecule has 4 rings (SSSR count). The van der Waals surface area contributed by atoms with Gasteiger partial charge in [-0.2, -0.15) is 0 Å². The Bertz CT molecular complexity index is 1270. The fraction of sp³-hybridized carbons (Fsp3) is 0.296. The summed E-state index contributed by atoms with van der Waals surface area (Å²) in [6.45, 7) is 2.77. The van der Waals surface area contributed by atoms with Crippen molar-refractivity contribution in [2.45, 2.75) is 12.5 Å². The molecular formula is C27H26F4N2O4. The molecule has 3 aromatic rings. The molecule has 10 heteroatoms. The second-order valence-electron chi connectivity index (χ2n) is 8.63. The highest BCUT2D eigenvalue weighted by Gasteiger charge is 2.27. The van der Waals surface area contributed by atoms with Gasteiger partial charge in [0.1, 0.15) is 23.1 Å². The van der Waals surface area contributed by atoms with Gasteiger partial charge >= 0.3 is 5.97 Å². The van der Waals surface area contributed by atoms with Gasteiger partial charge in [-0.25, -0.2) is 22.4 Å². The van der Waals surface area contributed by atoms with Crippen LogP contribution in [0.25, 0.3) is 11.1 Å². The first-order valence-electron chi connectivity index (χ1n) is 11.7. The Morgan fingerprint density at radius 3 is 2.43 bits per heavy atom. The van der Waals surface area contributed by atoms with E-state index >= 15 is 4.39 Å². The molecule has 6 nitrogen and oxygen atoms in total. The van der Waals surface area contributed by atoms with E-state index in [-0.39, 0.29) is 12.1 Å². The predicted molar refractivity (Wildman–Crippen MR) is 130 cm³/mol. The van der Waals surface area contributed by atoms with E-state index in [2.05, 4.69) is 0 Å². The van der Waals surface area contributed by atoms with Crippen LogP contribution in [0.2, 0.25) is 0 Å². The maximum atomic E-state index is 15.5. The molecule has 1 heterocycles. The van der Waals surface area contributed by atoms with Crippen molar-refractivity contribution in [1.82, 2.24) is 4.90 Å². The van der Waals surface area contributed by atoms with Gasteiger partial charge in [0.05, 0.1) is 18.9 Å². The fourth-order valence-corrected chi connectivity index (χ4v) is 4.17. The lowest BCUT2D eigenvalue weighted by molar-refractivity contribution is -0.145. The summed E-state index contributed by atoms with van der Waals surface area (Å²) < 4.78 is 69.5. The molecular weight excluding hydrogens is 492 g/mol. The van der Waals surface area contributed by atoms with Gasteiger partial charge in [0, 0.05) is 33.1 Å². The Morgan fingerprint density at radius 1 is 1.03 bits per heavy atom. The number of morpholine rings is 1. The molecule has 0 aromatic heterocycles. The van der Waals surface area contributed by atoms with Crippen molar-refractivity contribution in [3.8, 4) is 16.9 Å². The second-order valence-corrected chi connectivity index (χ2v) is 8.63. The first-order chi connectivity index (χ1) is 17.7. The van der Waals surface area contributed by atoms with Gasteiger partial charge in [0.2, 0.25) is 0 Å². The molecule has 1 aliphatic rings. The number of halogens is 4. The molecule has 1 fully saturated rings. The molecule has 1 unspecified atom stereocenters. The maximum absolute atomic E-state index is 15.5. The number of hydrogen-bond acceptors (Lipinski definition) is 5. The van der Waals surface area contributed by atoms with E-state index in [9.17, 15) is 23.1 Å². The minimum absolute atomic E-state index is 0.0711. The molecule has 0 saturated carbocycles. The summed E-state index contributed by atoms with van der Waals surface area (Å²) in [5.41, 5.74) is 0.103. The summed E-state index contributed by atoms with van der Waals surface area (Å²) in [7, 11) is 1.27. The highest BCUT2D eigenvalue weighted by atomic mass is 19.1. The zero-order valence-corrected chi connectivity index (χ0v) is 20.1. The highest BCUT2D eigenvalue weighted by Crippen LogP contribution is 2.37. The van der Waals surface area contributed by atoms with Crippen molar-refractivity contribution < 1.29 is 36.9 Å². The normalized spacial score (nSPS) is 14.8. The zero-order chi connectivity index (χ0) is 26.5. The van der Waals surface area contributed by atoms with Crippen molar-refractivity contribution in [3.63, 3.8) is 0 Å². The quantitative estimate of drug-likeness (QED) is 0.392. The van der Waals surface area contributed by atoms with Gasteiger partial charge in [0.25, 0.3) is 0 Å². The first kappa shape index (κ1) is 26.4. The SMILES string of the molecule is CN(c1cc(-c2cccc(F)c2)ccc1F)c1c(F)ccc(OC(CCN2CCOCC2)C(=O)O)c1F. The number of nitrogens with zero attached hydrogens (tertiary/aromatic N) is 2. The first-order valence-corrected chi connectivity index (χ1v) is 11.7. The molecule has 0 amide bonds. The van der Waals surface area contributed by atoms with Crippen molar-refractivity contribution in [3.05, 3.63) is 77.9 Å². The van der Waals surface area contributed by atoms with E-state index < -0.39 is 46.8 Å². The number of carboxylic acids is 1. The van der Waals surface area contributed by atoms with Crippen LogP contribution in [0, 0.1) is 23.3 Å². The average Bonchev–Trinajstić information content (AvgIpc) is 2.88. The van der Waals surface area contributed by atoms with Gasteiger partial charge in [-0.15, -0.1) is 0 Å². The lowest BCUT2D eigenvalue weighted by atomic mass is 10.0. The third-order valence-corrected chi connectivity index (χ3v) is 6.19. The molecule has 1 saturated heterocycles. The molecule has 3 aromatic carbocycles. The predicted octanol–water partition coefficient (Wildman–Crippen LogP) is 5.23. The molecule has 0 bridgehead atoms. The molecule has 0 spiro atoms. The Morgan fingerprint density at radius 2 is 1.73 bits per heavy atom. The number of anilines is 2. The smallest absolute Gasteiger partial charge is 0.344 e. The minimum Gasteiger partial charge on any atom is -0.479 e. The fourth-order valence-electron chi connectivity index (χ4n) is 4.17. The largest absolute Gasteiger partial charge is 0.479 e. The lowest BCUT2D eigenvalue weighted by Crippen LogP contribution is -2.40. The minimum atomic E-state index is -1.38. The summed E-state index contributed by atoms with van der Waals surface area (Å²) in [4.78, 5) is 14.8. The van der Waals surface area contributed by atoms with Gasteiger partial charge in [-0.05, 0) is 47.5 Å². The summed E-state index contributed by atoms with van der Waals surface area (Å²) in [5, 5.41) is 9.61. The molecule has 196 valence electrons. The number of carboxylic acid groups (broad SMARTS) is 1. The Kier molecular flexibility index (Phi) is 8.30. The summed E-state index contributed by atoms with van der Waals surface area (Å²) >= 11 is 0. The van der Waals surface area contributed by atoms with E-state index in [1.165, 1.54) is 37.4 Å². The van der Waals surface area contributed by atoms with E-state index in [1.807, 2.05) is 4.90 Å². The van der Waals surface area contributed by atoms with Crippen LogP contribution in [-0.4, -0.2) is 62.0 Å².